The van der Waals surface area contributed by atoms with Crippen LogP contribution in [-0.4, -0.2) is 28.7 Å². The molecule has 0 N–H and O–H groups in total. The Bertz CT molecular complexity index is 775. The number of rotatable bonds is 4. The number of anilines is 2. The van der Waals surface area contributed by atoms with Crippen LogP contribution in [0.4, 0.5) is 11.6 Å². The summed E-state index contributed by atoms with van der Waals surface area (Å²) < 4.78 is 7.16. The summed E-state index contributed by atoms with van der Waals surface area (Å²) >= 11 is 6.50. The predicted molar refractivity (Wildman–Crippen MR) is 95.5 cm³/mol. The van der Waals surface area contributed by atoms with Crippen LogP contribution in [0.25, 0.3) is 0 Å². The molecule has 6 heteroatoms. The number of esters is 1. The Morgan fingerprint density at radius 2 is 2.04 bits per heavy atom. The molecule has 0 spiro atoms. The van der Waals surface area contributed by atoms with E-state index < -0.39 is 0 Å². The van der Waals surface area contributed by atoms with Crippen LogP contribution in [0.1, 0.15) is 41.2 Å². The number of aryl methyl sites for hydroxylation is 3. The van der Waals surface area contributed by atoms with E-state index in [2.05, 4.69) is 11.0 Å². The highest BCUT2D eigenvalue weighted by molar-refractivity contribution is 6.33. The van der Waals surface area contributed by atoms with Gasteiger partial charge in [0.15, 0.2) is 5.69 Å². The van der Waals surface area contributed by atoms with Crippen molar-refractivity contribution in [3.8, 4) is 0 Å². The van der Waals surface area contributed by atoms with E-state index in [1.165, 1.54) is 0 Å². The maximum absolute atomic E-state index is 12.3. The van der Waals surface area contributed by atoms with Crippen LogP contribution in [0.15, 0.2) is 12.1 Å². The smallest absolute Gasteiger partial charge is 0.356 e. The van der Waals surface area contributed by atoms with Crippen LogP contribution >= 0.6 is 11.6 Å². The van der Waals surface area contributed by atoms with Crippen molar-refractivity contribution in [3.05, 3.63) is 39.7 Å². The van der Waals surface area contributed by atoms with E-state index >= 15 is 0 Å². The molecule has 3 rings (SSSR count). The Hall–Kier alpha value is -2.01. The Morgan fingerprint density at radius 1 is 1.29 bits per heavy atom. The van der Waals surface area contributed by atoms with Crippen molar-refractivity contribution >= 4 is 29.2 Å². The van der Waals surface area contributed by atoms with Crippen LogP contribution in [0.3, 0.4) is 0 Å². The molecule has 0 atom stereocenters. The van der Waals surface area contributed by atoms with Crippen molar-refractivity contribution < 1.29 is 9.53 Å². The molecular weight excluding hydrogens is 326 g/mol. The highest BCUT2D eigenvalue weighted by Gasteiger charge is 2.32. The zero-order valence-corrected chi connectivity index (χ0v) is 15.3. The first-order valence-corrected chi connectivity index (χ1v) is 8.66. The van der Waals surface area contributed by atoms with Crippen LogP contribution in [0, 0.1) is 13.8 Å². The summed E-state index contributed by atoms with van der Waals surface area (Å²) in [7, 11) is 0. The molecule has 0 radical (unpaired) electrons. The molecule has 5 nitrogen and oxygen atoms in total. The molecule has 128 valence electrons. The first-order chi connectivity index (χ1) is 11.5. The van der Waals surface area contributed by atoms with Gasteiger partial charge in [-0.25, -0.2) is 9.78 Å². The van der Waals surface area contributed by atoms with Crippen molar-refractivity contribution in [3.63, 3.8) is 0 Å². The minimum Gasteiger partial charge on any atom is -0.461 e. The van der Waals surface area contributed by atoms with Gasteiger partial charge in [-0.05, 0) is 44.4 Å². The molecule has 0 bridgehead atoms. The number of carbonyl (C=O) groups is 1. The zero-order chi connectivity index (χ0) is 17.4. The fraction of sp³-hybridized carbons (Fsp3) is 0.444. The summed E-state index contributed by atoms with van der Waals surface area (Å²) in [6.45, 7) is 9.67. The summed E-state index contributed by atoms with van der Waals surface area (Å²) in [4.78, 5) is 19.1. The fourth-order valence-electron chi connectivity index (χ4n) is 3.34. The summed E-state index contributed by atoms with van der Waals surface area (Å²) in [6, 6.07) is 4.07. The third-order valence-corrected chi connectivity index (χ3v) is 4.57. The molecule has 24 heavy (non-hydrogen) atoms. The lowest BCUT2D eigenvalue weighted by Gasteiger charge is -2.20. The Labute approximate surface area is 147 Å². The number of halogens is 1. The SMILES string of the molecule is CCOC(=O)c1c(CC)nc2n1CCN2c1c(C)cc(C)cc1Cl. The first kappa shape index (κ1) is 16.8. The number of fused-ring (bicyclic) bond motifs is 1. The maximum atomic E-state index is 12.3. The van der Waals surface area contributed by atoms with E-state index in [-0.39, 0.29) is 5.97 Å². The summed E-state index contributed by atoms with van der Waals surface area (Å²) in [6.07, 6.45) is 0.683. The predicted octanol–water partition coefficient (Wildman–Crippen LogP) is 4.04. The molecule has 1 aliphatic rings. The van der Waals surface area contributed by atoms with E-state index in [1.807, 2.05) is 38.3 Å². The maximum Gasteiger partial charge on any atom is 0.356 e. The standard InChI is InChI=1S/C18H22ClN3O2/c1-5-14-16(17(23)24-6-2)22-8-7-21(18(22)20-14)15-12(4)9-11(3)10-13(15)19/h9-10H,5-8H2,1-4H3. The summed E-state index contributed by atoms with van der Waals surface area (Å²) in [5.74, 6) is 0.463. The number of imidazole rings is 1. The third kappa shape index (κ3) is 2.67. The van der Waals surface area contributed by atoms with Gasteiger partial charge in [-0.1, -0.05) is 24.6 Å². The summed E-state index contributed by atoms with van der Waals surface area (Å²) in [5, 5.41) is 0.708. The van der Waals surface area contributed by atoms with Gasteiger partial charge in [-0.15, -0.1) is 0 Å². The van der Waals surface area contributed by atoms with E-state index in [0.717, 1.165) is 35.0 Å². The number of benzene rings is 1. The molecule has 2 aromatic rings. The number of hydrogen-bond donors (Lipinski definition) is 0. The number of hydrogen-bond acceptors (Lipinski definition) is 4. The zero-order valence-electron chi connectivity index (χ0n) is 14.5. The van der Waals surface area contributed by atoms with Gasteiger partial charge < -0.3 is 14.2 Å². The normalized spacial score (nSPS) is 13.3. The van der Waals surface area contributed by atoms with Crippen molar-refractivity contribution in [1.29, 1.82) is 0 Å². The van der Waals surface area contributed by atoms with Crippen molar-refractivity contribution in [2.24, 2.45) is 0 Å². The average Bonchev–Trinajstić information content (AvgIpc) is 3.05. The molecule has 0 unspecified atom stereocenters. The lowest BCUT2D eigenvalue weighted by atomic mass is 10.1. The number of nitrogens with zero attached hydrogens (tertiary/aromatic N) is 3. The highest BCUT2D eigenvalue weighted by atomic mass is 35.5. The van der Waals surface area contributed by atoms with Crippen molar-refractivity contribution in [2.75, 3.05) is 18.1 Å². The largest absolute Gasteiger partial charge is 0.461 e. The first-order valence-electron chi connectivity index (χ1n) is 8.28. The lowest BCUT2D eigenvalue weighted by molar-refractivity contribution is 0.0513. The van der Waals surface area contributed by atoms with E-state index in [0.29, 0.717) is 30.3 Å². The molecule has 0 aliphatic carbocycles. The quantitative estimate of drug-likeness (QED) is 0.783. The Morgan fingerprint density at radius 3 is 2.67 bits per heavy atom. The van der Waals surface area contributed by atoms with Gasteiger partial charge in [0, 0.05) is 13.1 Å². The van der Waals surface area contributed by atoms with E-state index in [9.17, 15) is 4.79 Å². The molecule has 0 saturated heterocycles. The Kier molecular flexibility index (Phi) is 4.54. The second kappa shape index (κ2) is 6.48. The molecule has 0 fully saturated rings. The van der Waals surface area contributed by atoms with Crippen LogP contribution in [0.2, 0.25) is 5.02 Å². The van der Waals surface area contributed by atoms with Gasteiger partial charge in [-0.3, -0.25) is 0 Å². The second-order valence-corrected chi connectivity index (χ2v) is 6.40. The average molecular weight is 348 g/mol. The number of ether oxygens (including phenoxy) is 1. The number of aromatic nitrogens is 2. The monoisotopic (exact) mass is 347 g/mol. The van der Waals surface area contributed by atoms with Gasteiger partial charge in [-0.2, -0.15) is 0 Å². The molecular formula is C18H22ClN3O2. The van der Waals surface area contributed by atoms with Crippen LogP contribution in [0.5, 0.6) is 0 Å². The molecule has 0 saturated carbocycles. The van der Waals surface area contributed by atoms with Gasteiger partial charge >= 0.3 is 5.97 Å². The number of carbonyl (C=O) groups excluding carboxylic acids is 1. The van der Waals surface area contributed by atoms with Crippen LogP contribution in [-0.2, 0) is 17.7 Å². The minimum atomic E-state index is -0.304. The van der Waals surface area contributed by atoms with Crippen LogP contribution < -0.4 is 4.90 Å². The topological polar surface area (TPSA) is 47.4 Å². The minimum absolute atomic E-state index is 0.304. The van der Waals surface area contributed by atoms with Gasteiger partial charge in [0.1, 0.15) is 0 Å². The molecule has 2 heterocycles. The lowest BCUT2D eigenvalue weighted by Crippen LogP contribution is -2.17. The molecule has 1 aromatic heterocycles. The third-order valence-electron chi connectivity index (χ3n) is 4.28. The molecule has 1 aromatic carbocycles. The van der Waals surface area contributed by atoms with E-state index in [4.69, 9.17) is 21.3 Å². The highest BCUT2D eigenvalue weighted by Crippen LogP contribution is 2.39. The molecule has 0 amide bonds. The van der Waals surface area contributed by atoms with Crippen molar-refractivity contribution in [1.82, 2.24) is 9.55 Å². The van der Waals surface area contributed by atoms with Gasteiger partial charge in [0.2, 0.25) is 5.95 Å². The fourth-order valence-corrected chi connectivity index (χ4v) is 3.77. The Balaban J connectivity index is 2.09. The van der Waals surface area contributed by atoms with Gasteiger partial charge in [0.25, 0.3) is 0 Å². The second-order valence-electron chi connectivity index (χ2n) is 6.00. The van der Waals surface area contributed by atoms with E-state index in [1.54, 1.807) is 0 Å². The van der Waals surface area contributed by atoms with Gasteiger partial charge in [0.05, 0.1) is 23.0 Å². The van der Waals surface area contributed by atoms with Crippen molar-refractivity contribution in [2.45, 2.75) is 40.7 Å². The molecule has 1 aliphatic heterocycles. The summed E-state index contributed by atoms with van der Waals surface area (Å²) in [5.41, 5.74) is 4.54.